The molecule has 0 aliphatic heterocycles. The second-order valence-corrected chi connectivity index (χ2v) is 6.79. The molecule has 0 unspecified atom stereocenters. The number of benzene rings is 2. The number of carbonyl (C=O) groups is 1. The number of halogens is 2. The Kier molecular flexibility index (Phi) is 5.68. The molecule has 7 heteroatoms. The first-order valence-corrected chi connectivity index (χ1v) is 9.37. The first-order chi connectivity index (χ1) is 14.6. The fourth-order valence-electron chi connectivity index (χ4n) is 2.78. The van der Waals surface area contributed by atoms with Crippen LogP contribution in [0.15, 0.2) is 88.6 Å². The molecule has 0 fully saturated rings. The Morgan fingerprint density at radius 1 is 1.00 bits per heavy atom. The van der Waals surface area contributed by atoms with E-state index in [2.05, 4.69) is 15.5 Å². The topological polar surface area (TPSA) is 67.5 Å². The third-order valence-corrected chi connectivity index (χ3v) is 4.52. The van der Waals surface area contributed by atoms with Crippen LogP contribution in [0.1, 0.15) is 16.1 Å². The van der Waals surface area contributed by atoms with Gasteiger partial charge in [0.25, 0.3) is 5.91 Å². The lowest BCUT2D eigenvalue weighted by Crippen LogP contribution is -2.18. The van der Waals surface area contributed by atoms with Crippen LogP contribution in [0, 0.1) is 5.82 Å². The van der Waals surface area contributed by atoms with E-state index < -0.39 is 5.91 Å². The van der Waals surface area contributed by atoms with Crippen molar-refractivity contribution in [2.45, 2.75) is 0 Å². The summed E-state index contributed by atoms with van der Waals surface area (Å²) in [4.78, 5) is 17.3. The maximum atomic E-state index is 13.3. The molecule has 148 valence electrons. The lowest BCUT2D eigenvalue weighted by molar-refractivity contribution is 0.0955. The lowest BCUT2D eigenvalue weighted by atomic mass is 10.0. The van der Waals surface area contributed by atoms with Crippen LogP contribution in [0.4, 0.5) is 4.39 Å². The molecule has 0 aliphatic carbocycles. The molecule has 1 amide bonds. The van der Waals surface area contributed by atoms with Crippen molar-refractivity contribution in [1.29, 1.82) is 0 Å². The molecule has 0 radical (unpaired) electrons. The van der Waals surface area contributed by atoms with Gasteiger partial charge in [-0.25, -0.2) is 14.8 Å². The highest BCUT2D eigenvalue weighted by molar-refractivity contribution is 6.30. The minimum atomic E-state index is -0.418. The maximum absolute atomic E-state index is 13.3. The van der Waals surface area contributed by atoms with Gasteiger partial charge in [0, 0.05) is 21.7 Å². The van der Waals surface area contributed by atoms with Crippen LogP contribution in [0.5, 0.6) is 0 Å². The maximum Gasteiger partial charge on any atom is 0.271 e. The molecule has 30 heavy (non-hydrogen) atoms. The Morgan fingerprint density at radius 3 is 2.23 bits per heavy atom. The van der Waals surface area contributed by atoms with E-state index in [0.717, 1.165) is 5.56 Å². The molecular weight excluding hydrogens is 405 g/mol. The third-order valence-electron chi connectivity index (χ3n) is 4.27. The number of nitrogens with one attached hydrogen (secondary N) is 1. The largest absolute Gasteiger partial charge is 0.463 e. The summed E-state index contributed by atoms with van der Waals surface area (Å²) in [7, 11) is 0. The number of pyridine rings is 1. The standard InChI is InChI=1S/C23H15ClFN3O2/c24-18-7-3-15(4-8-18)21-12-17(23(29)28-26-14-20-2-1-11-30-20)13-22(27-21)16-5-9-19(25)10-6-16/h1-14H,(H,28,29)/b26-14-. The van der Waals surface area contributed by atoms with Gasteiger partial charge in [0.2, 0.25) is 0 Å². The van der Waals surface area contributed by atoms with Gasteiger partial charge in [-0.15, -0.1) is 0 Å². The van der Waals surface area contributed by atoms with Crippen molar-refractivity contribution in [3.63, 3.8) is 0 Å². The van der Waals surface area contributed by atoms with Crippen molar-refractivity contribution in [2.75, 3.05) is 0 Å². The highest BCUT2D eigenvalue weighted by atomic mass is 35.5. The van der Waals surface area contributed by atoms with Crippen molar-refractivity contribution in [1.82, 2.24) is 10.4 Å². The second kappa shape index (κ2) is 8.71. The molecule has 0 spiro atoms. The number of nitrogens with zero attached hydrogens (tertiary/aromatic N) is 2. The van der Waals surface area contributed by atoms with Gasteiger partial charge >= 0.3 is 0 Å². The van der Waals surface area contributed by atoms with Crippen molar-refractivity contribution in [3.05, 3.63) is 101 Å². The van der Waals surface area contributed by atoms with Crippen LogP contribution in [0.25, 0.3) is 22.5 Å². The summed E-state index contributed by atoms with van der Waals surface area (Å²) in [6, 6.07) is 19.8. The normalized spacial score (nSPS) is 11.0. The average Bonchev–Trinajstić information content (AvgIpc) is 3.28. The molecule has 0 aliphatic rings. The molecule has 4 rings (SSSR count). The Hall–Kier alpha value is -3.77. The Bertz CT molecular complexity index is 1120. The first-order valence-electron chi connectivity index (χ1n) is 8.99. The van der Waals surface area contributed by atoms with Gasteiger partial charge in [-0.3, -0.25) is 4.79 Å². The molecule has 1 N–H and O–H groups in total. The summed E-state index contributed by atoms with van der Waals surface area (Å²) < 4.78 is 18.5. The summed E-state index contributed by atoms with van der Waals surface area (Å²) in [5.74, 6) is -0.254. The zero-order valence-electron chi connectivity index (χ0n) is 15.5. The van der Waals surface area contributed by atoms with E-state index in [1.807, 2.05) is 12.1 Å². The van der Waals surface area contributed by atoms with Crippen LogP contribution >= 0.6 is 11.6 Å². The molecule has 2 aromatic carbocycles. The highest BCUT2D eigenvalue weighted by Gasteiger charge is 2.12. The number of carbonyl (C=O) groups excluding carboxylic acids is 1. The molecular formula is C23H15ClFN3O2. The average molecular weight is 420 g/mol. The van der Waals surface area contributed by atoms with E-state index in [-0.39, 0.29) is 5.82 Å². The van der Waals surface area contributed by atoms with Crippen molar-refractivity contribution in [2.24, 2.45) is 5.10 Å². The lowest BCUT2D eigenvalue weighted by Gasteiger charge is -2.09. The summed E-state index contributed by atoms with van der Waals surface area (Å²) in [6.45, 7) is 0. The quantitative estimate of drug-likeness (QED) is 0.340. The number of amides is 1. The molecule has 4 aromatic rings. The second-order valence-electron chi connectivity index (χ2n) is 6.35. The number of hydrogen-bond donors (Lipinski definition) is 1. The van der Waals surface area contributed by atoms with Crippen LogP contribution in [0.3, 0.4) is 0 Å². The smallest absolute Gasteiger partial charge is 0.271 e. The van der Waals surface area contributed by atoms with E-state index in [9.17, 15) is 9.18 Å². The molecule has 2 heterocycles. The van der Waals surface area contributed by atoms with Crippen molar-refractivity contribution >= 4 is 23.7 Å². The number of furan rings is 1. The van der Waals surface area contributed by atoms with Gasteiger partial charge in [0.05, 0.1) is 23.9 Å². The number of rotatable bonds is 5. The van der Waals surface area contributed by atoms with Gasteiger partial charge in [0.15, 0.2) is 0 Å². The minimum absolute atomic E-state index is 0.349. The summed E-state index contributed by atoms with van der Waals surface area (Å²) >= 11 is 5.98. The van der Waals surface area contributed by atoms with Gasteiger partial charge in [-0.2, -0.15) is 5.10 Å². The summed E-state index contributed by atoms with van der Waals surface area (Å²) in [5.41, 5.74) is 5.40. The fourth-order valence-corrected chi connectivity index (χ4v) is 2.91. The molecule has 5 nitrogen and oxygen atoms in total. The van der Waals surface area contributed by atoms with Crippen molar-refractivity contribution in [3.8, 4) is 22.5 Å². The number of aromatic nitrogens is 1. The fraction of sp³-hybridized carbons (Fsp3) is 0. The van der Waals surface area contributed by atoms with E-state index in [4.69, 9.17) is 16.0 Å². The van der Waals surface area contributed by atoms with Gasteiger partial charge in [-0.05, 0) is 60.7 Å². The van der Waals surface area contributed by atoms with Crippen LogP contribution in [-0.4, -0.2) is 17.1 Å². The monoisotopic (exact) mass is 419 g/mol. The molecule has 0 saturated heterocycles. The summed E-state index contributed by atoms with van der Waals surface area (Å²) in [6.07, 6.45) is 2.92. The van der Waals surface area contributed by atoms with E-state index in [1.165, 1.54) is 24.6 Å². The molecule has 0 bridgehead atoms. The predicted octanol–water partition coefficient (Wildman–Crippen LogP) is 5.57. The highest BCUT2D eigenvalue weighted by Crippen LogP contribution is 2.26. The SMILES string of the molecule is O=C(N/N=C\c1ccco1)c1cc(-c2ccc(F)cc2)nc(-c2ccc(Cl)cc2)c1. The minimum Gasteiger partial charge on any atom is -0.463 e. The Labute approximate surface area is 176 Å². The Morgan fingerprint density at radius 2 is 1.63 bits per heavy atom. The van der Waals surface area contributed by atoms with Crippen LogP contribution in [-0.2, 0) is 0 Å². The van der Waals surface area contributed by atoms with Crippen LogP contribution in [0.2, 0.25) is 5.02 Å². The Balaban J connectivity index is 1.70. The van der Waals surface area contributed by atoms with Gasteiger partial charge < -0.3 is 4.42 Å². The van der Waals surface area contributed by atoms with E-state index in [0.29, 0.717) is 33.3 Å². The summed E-state index contributed by atoms with van der Waals surface area (Å²) in [5, 5.41) is 4.51. The van der Waals surface area contributed by atoms with E-state index in [1.54, 1.807) is 48.5 Å². The third kappa shape index (κ3) is 4.61. The number of hydrogen-bond acceptors (Lipinski definition) is 4. The first kappa shape index (κ1) is 19.5. The van der Waals surface area contributed by atoms with E-state index >= 15 is 0 Å². The zero-order chi connectivity index (χ0) is 20.9. The van der Waals surface area contributed by atoms with Gasteiger partial charge in [-0.1, -0.05) is 23.7 Å². The van der Waals surface area contributed by atoms with Crippen LogP contribution < -0.4 is 5.43 Å². The molecule has 2 aromatic heterocycles. The predicted molar refractivity (Wildman–Crippen MR) is 114 cm³/mol. The molecule has 0 atom stereocenters. The molecule has 0 saturated carbocycles. The van der Waals surface area contributed by atoms with Crippen molar-refractivity contribution < 1.29 is 13.6 Å². The van der Waals surface area contributed by atoms with Gasteiger partial charge in [0.1, 0.15) is 11.6 Å². The number of hydrazone groups is 1. The zero-order valence-corrected chi connectivity index (χ0v) is 16.3.